The number of para-hydroxylation sites is 1. The lowest BCUT2D eigenvalue weighted by Gasteiger charge is -2.37. The number of cyclic esters (lactones) is 1. The van der Waals surface area contributed by atoms with Gasteiger partial charge in [0.1, 0.15) is 17.6 Å². The Morgan fingerprint density at radius 3 is 2.66 bits per heavy atom. The fourth-order valence-corrected chi connectivity index (χ4v) is 6.27. The Labute approximate surface area is 209 Å². The second-order valence-corrected chi connectivity index (χ2v) is 10.0. The van der Waals surface area contributed by atoms with Crippen LogP contribution >= 0.6 is 11.6 Å². The molecule has 186 valence electrons. The van der Waals surface area contributed by atoms with E-state index in [-0.39, 0.29) is 32.2 Å². The van der Waals surface area contributed by atoms with Crippen molar-refractivity contribution in [2.75, 3.05) is 31.2 Å². The summed E-state index contributed by atoms with van der Waals surface area (Å²) in [7, 11) is 0. The normalized spacial score (nSPS) is 35.7. The standard InChI is InChI=1S/C26H29ClN2O6/c1-25-11-6-2-3-7-16-34-24(33)20(25)19-22(31)29(14-15-30)21-23(32)28(13-8-12-26(19,21)35-25)18-10-5-4-9-17(18)27/h4-6,8-12,19-21,30H,2-3,7,13-16H2,1H3/b11-6-/t19-,20+,21?,25-,26-/m0/s1. The number of halogens is 1. The summed E-state index contributed by atoms with van der Waals surface area (Å²) >= 11 is 6.42. The number of aliphatic hydroxyl groups is 1. The monoisotopic (exact) mass is 500 g/mol. The molecule has 0 saturated carbocycles. The summed E-state index contributed by atoms with van der Waals surface area (Å²) in [5.41, 5.74) is -2.01. The first-order valence-electron chi connectivity index (χ1n) is 12.0. The SMILES string of the molecule is C[C@]12/C=C\CCCCOC(=O)[C@H]1[C@H]1C(=O)N(CCO)C3C(=O)N(c4ccccc4Cl)CC=C[C@@]31O2. The summed E-state index contributed by atoms with van der Waals surface area (Å²) in [5.74, 6) is -3.19. The molecule has 0 radical (unpaired) electrons. The molecule has 1 spiro atoms. The topological polar surface area (TPSA) is 96.4 Å². The second kappa shape index (κ2) is 9.08. The first-order valence-corrected chi connectivity index (χ1v) is 12.4. The average molecular weight is 501 g/mol. The Balaban J connectivity index is 1.65. The van der Waals surface area contributed by atoms with Crippen LogP contribution in [-0.2, 0) is 23.9 Å². The molecule has 9 heteroatoms. The van der Waals surface area contributed by atoms with Gasteiger partial charge in [0.05, 0.1) is 35.4 Å². The number of carbonyl (C=O) groups is 3. The lowest BCUT2D eigenvalue weighted by molar-refractivity contribution is -0.158. The van der Waals surface area contributed by atoms with E-state index in [0.29, 0.717) is 10.7 Å². The van der Waals surface area contributed by atoms with E-state index in [2.05, 4.69) is 0 Å². The molecule has 5 atom stereocenters. The van der Waals surface area contributed by atoms with Gasteiger partial charge in [0.2, 0.25) is 5.91 Å². The van der Waals surface area contributed by atoms with E-state index in [1.807, 2.05) is 12.2 Å². The van der Waals surface area contributed by atoms with Gasteiger partial charge in [0.25, 0.3) is 5.91 Å². The molecule has 4 aliphatic heterocycles. The first-order chi connectivity index (χ1) is 16.8. The van der Waals surface area contributed by atoms with Crippen molar-refractivity contribution in [1.29, 1.82) is 0 Å². The number of anilines is 1. The molecule has 5 rings (SSSR count). The summed E-state index contributed by atoms with van der Waals surface area (Å²) in [6.07, 6.45) is 9.76. The Bertz CT molecular complexity index is 1110. The molecule has 8 nitrogen and oxygen atoms in total. The number of allylic oxidation sites excluding steroid dienone is 1. The van der Waals surface area contributed by atoms with Gasteiger partial charge in [-0.25, -0.2) is 0 Å². The molecular weight excluding hydrogens is 472 g/mol. The minimum absolute atomic E-state index is 0.0601. The van der Waals surface area contributed by atoms with E-state index >= 15 is 0 Å². The molecule has 0 aliphatic carbocycles. The summed E-state index contributed by atoms with van der Waals surface area (Å²) in [5, 5.41) is 10.2. The van der Waals surface area contributed by atoms with Gasteiger partial charge in [-0.15, -0.1) is 0 Å². The maximum Gasteiger partial charge on any atom is 0.313 e. The number of likely N-dealkylation sites (tertiary alicyclic amines) is 1. The van der Waals surface area contributed by atoms with Crippen LogP contribution in [-0.4, -0.2) is 71.3 Å². The highest BCUT2D eigenvalue weighted by atomic mass is 35.5. The number of carbonyl (C=O) groups excluding carboxylic acids is 3. The van der Waals surface area contributed by atoms with Crippen LogP contribution in [0.3, 0.4) is 0 Å². The van der Waals surface area contributed by atoms with Gasteiger partial charge < -0.3 is 24.4 Å². The molecule has 1 aromatic carbocycles. The van der Waals surface area contributed by atoms with Crippen LogP contribution in [0.5, 0.6) is 0 Å². The molecule has 4 heterocycles. The number of hydrogen-bond acceptors (Lipinski definition) is 6. The van der Waals surface area contributed by atoms with Crippen molar-refractivity contribution in [3.63, 3.8) is 0 Å². The van der Waals surface area contributed by atoms with E-state index in [1.165, 1.54) is 9.80 Å². The zero-order chi connectivity index (χ0) is 24.8. The van der Waals surface area contributed by atoms with Crippen LogP contribution in [0.2, 0.25) is 5.02 Å². The number of aliphatic hydroxyl groups excluding tert-OH is 1. The van der Waals surface area contributed by atoms with Gasteiger partial charge in [0, 0.05) is 13.1 Å². The second-order valence-electron chi connectivity index (χ2n) is 9.62. The summed E-state index contributed by atoms with van der Waals surface area (Å²) < 4.78 is 12.3. The third-order valence-electron chi connectivity index (χ3n) is 7.48. The fraction of sp³-hybridized carbons (Fsp3) is 0.500. The van der Waals surface area contributed by atoms with E-state index in [9.17, 15) is 19.5 Å². The van der Waals surface area contributed by atoms with Crippen molar-refractivity contribution in [1.82, 2.24) is 4.90 Å². The molecule has 2 amide bonds. The molecule has 1 N–H and O–H groups in total. The van der Waals surface area contributed by atoms with Gasteiger partial charge in [-0.05, 0) is 38.3 Å². The smallest absolute Gasteiger partial charge is 0.313 e. The van der Waals surface area contributed by atoms with Crippen molar-refractivity contribution in [3.8, 4) is 0 Å². The number of ether oxygens (including phenoxy) is 2. The highest BCUT2D eigenvalue weighted by Crippen LogP contribution is 2.57. The maximum absolute atomic E-state index is 14.1. The molecule has 2 fully saturated rings. The Morgan fingerprint density at radius 1 is 1.09 bits per heavy atom. The van der Waals surface area contributed by atoms with Gasteiger partial charge >= 0.3 is 5.97 Å². The zero-order valence-electron chi connectivity index (χ0n) is 19.6. The van der Waals surface area contributed by atoms with Gasteiger partial charge in [-0.2, -0.15) is 0 Å². The van der Waals surface area contributed by atoms with Crippen LogP contribution < -0.4 is 4.90 Å². The Morgan fingerprint density at radius 2 is 1.89 bits per heavy atom. The first kappa shape index (κ1) is 24.0. The predicted octanol–water partition coefficient (Wildman–Crippen LogP) is 2.49. The van der Waals surface area contributed by atoms with Crippen LogP contribution in [0.1, 0.15) is 26.2 Å². The molecule has 0 aromatic heterocycles. The van der Waals surface area contributed by atoms with Crippen LogP contribution in [0, 0.1) is 11.8 Å². The molecular formula is C26H29ClN2O6. The molecule has 1 aromatic rings. The molecule has 2 saturated heterocycles. The number of β-amino-alcohol motifs (C(OH)–C–C–N with tert-alkyl or cyclic N) is 1. The Hall–Kier alpha value is -2.68. The number of rotatable bonds is 3. The Kier molecular flexibility index (Phi) is 6.23. The lowest BCUT2D eigenvalue weighted by Crippen LogP contribution is -2.56. The van der Waals surface area contributed by atoms with Crippen LogP contribution in [0.15, 0.2) is 48.6 Å². The van der Waals surface area contributed by atoms with Crippen molar-refractivity contribution in [2.24, 2.45) is 11.8 Å². The molecule has 1 unspecified atom stereocenters. The van der Waals surface area contributed by atoms with Gasteiger partial charge in [-0.3, -0.25) is 14.4 Å². The molecule has 4 aliphatic rings. The van der Waals surface area contributed by atoms with E-state index in [0.717, 1.165) is 19.3 Å². The predicted molar refractivity (Wildman–Crippen MR) is 129 cm³/mol. The maximum atomic E-state index is 14.1. The highest BCUT2D eigenvalue weighted by molar-refractivity contribution is 6.34. The quantitative estimate of drug-likeness (QED) is 0.506. The van der Waals surface area contributed by atoms with E-state index in [1.54, 1.807) is 43.3 Å². The molecule has 35 heavy (non-hydrogen) atoms. The van der Waals surface area contributed by atoms with E-state index < -0.39 is 41.0 Å². The minimum atomic E-state index is -1.39. The van der Waals surface area contributed by atoms with Crippen molar-refractivity contribution < 1.29 is 29.0 Å². The number of esters is 1. The summed E-state index contributed by atoms with van der Waals surface area (Å²) in [4.78, 5) is 44.2. The lowest BCUT2D eigenvalue weighted by atomic mass is 9.74. The average Bonchev–Trinajstić information content (AvgIpc) is 3.15. The number of nitrogens with zero attached hydrogens (tertiary/aromatic N) is 2. The fourth-order valence-electron chi connectivity index (χ4n) is 6.03. The molecule has 0 bridgehead atoms. The third-order valence-corrected chi connectivity index (χ3v) is 7.80. The number of benzene rings is 1. The van der Waals surface area contributed by atoms with Crippen molar-refractivity contribution >= 4 is 35.1 Å². The number of amides is 2. The third kappa shape index (κ3) is 3.70. The number of hydrogen-bond donors (Lipinski definition) is 1. The number of fused-ring (bicyclic) bond motifs is 2. The van der Waals surface area contributed by atoms with Crippen molar-refractivity contribution in [2.45, 2.75) is 43.4 Å². The largest absolute Gasteiger partial charge is 0.465 e. The highest BCUT2D eigenvalue weighted by Gasteiger charge is 2.74. The summed E-state index contributed by atoms with van der Waals surface area (Å²) in [6.45, 7) is 1.88. The van der Waals surface area contributed by atoms with Crippen LogP contribution in [0.4, 0.5) is 5.69 Å². The minimum Gasteiger partial charge on any atom is -0.465 e. The van der Waals surface area contributed by atoms with E-state index in [4.69, 9.17) is 21.1 Å². The zero-order valence-corrected chi connectivity index (χ0v) is 20.3. The summed E-state index contributed by atoms with van der Waals surface area (Å²) in [6, 6.07) is 5.94. The van der Waals surface area contributed by atoms with Crippen LogP contribution in [0.25, 0.3) is 0 Å². The van der Waals surface area contributed by atoms with Gasteiger partial charge in [0.15, 0.2) is 0 Å². The van der Waals surface area contributed by atoms with Gasteiger partial charge in [-0.1, -0.05) is 48.0 Å². The van der Waals surface area contributed by atoms with Crippen molar-refractivity contribution in [3.05, 3.63) is 53.6 Å².